The lowest BCUT2D eigenvalue weighted by Crippen LogP contribution is -2.18. The van der Waals surface area contributed by atoms with Gasteiger partial charge in [-0.25, -0.2) is 4.98 Å². The first-order valence-electron chi connectivity index (χ1n) is 5.35. The number of benzene rings is 1. The van der Waals surface area contributed by atoms with Gasteiger partial charge in [0.05, 0.1) is 10.4 Å². The number of anilines is 1. The molecular weight excluding hydrogens is 256 g/mol. The molecule has 0 radical (unpaired) electrons. The van der Waals surface area contributed by atoms with Crippen LogP contribution in [0.5, 0.6) is 0 Å². The van der Waals surface area contributed by atoms with E-state index < -0.39 is 4.92 Å². The second-order valence-corrected chi connectivity index (χ2v) is 4.13. The number of nitrogens with zero attached hydrogens (tertiary/aromatic N) is 4. The highest BCUT2D eigenvalue weighted by atomic mass is 35.5. The highest BCUT2D eigenvalue weighted by Crippen LogP contribution is 2.27. The molecule has 0 aliphatic heterocycles. The minimum atomic E-state index is -0.460. The Labute approximate surface area is 108 Å². The van der Waals surface area contributed by atoms with Gasteiger partial charge in [-0.2, -0.15) is 4.98 Å². The molecule has 1 aromatic heterocycles. The Hall–Kier alpha value is -1.95. The summed E-state index contributed by atoms with van der Waals surface area (Å²) in [5.41, 5.74) is 0.460. The second-order valence-electron chi connectivity index (χ2n) is 3.79. The second kappa shape index (κ2) is 4.73. The van der Waals surface area contributed by atoms with Gasteiger partial charge in [-0.05, 0) is 24.6 Å². The van der Waals surface area contributed by atoms with Crippen LogP contribution in [0.15, 0.2) is 18.2 Å². The third kappa shape index (κ3) is 2.19. The predicted octanol–water partition coefficient (Wildman–Crippen LogP) is 2.65. The Bertz CT molecular complexity index is 617. The topological polar surface area (TPSA) is 72.2 Å². The molecule has 2 aromatic rings. The van der Waals surface area contributed by atoms with Crippen LogP contribution in [0, 0.1) is 10.1 Å². The zero-order valence-electron chi connectivity index (χ0n) is 9.92. The van der Waals surface area contributed by atoms with Crippen LogP contribution in [-0.4, -0.2) is 28.5 Å². The molecule has 0 saturated heterocycles. The number of non-ortho nitro benzene ring substituents is 1. The van der Waals surface area contributed by atoms with Gasteiger partial charge >= 0.3 is 0 Å². The highest BCUT2D eigenvalue weighted by Gasteiger charge is 2.13. The van der Waals surface area contributed by atoms with E-state index in [2.05, 4.69) is 9.97 Å². The first kappa shape index (κ1) is 12.5. The predicted molar refractivity (Wildman–Crippen MR) is 70.1 cm³/mol. The van der Waals surface area contributed by atoms with Crippen molar-refractivity contribution in [3.05, 3.63) is 33.6 Å². The number of fused-ring (bicyclic) bond motifs is 1. The number of hydrogen-bond acceptors (Lipinski definition) is 5. The van der Waals surface area contributed by atoms with Gasteiger partial charge in [0.25, 0.3) is 5.69 Å². The van der Waals surface area contributed by atoms with Crippen LogP contribution in [0.2, 0.25) is 5.28 Å². The van der Waals surface area contributed by atoms with Crippen molar-refractivity contribution in [2.45, 2.75) is 6.92 Å². The minimum Gasteiger partial charge on any atom is -0.359 e. The molecular formula is C11H11ClN4O2. The molecule has 0 fully saturated rings. The molecule has 0 aliphatic rings. The summed E-state index contributed by atoms with van der Waals surface area (Å²) >= 11 is 5.84. The van der Waals surface area contributed by atoms with E-state index >= 15 is 0 Å². The zero-order chi connectivity index (χ0) is 13.3. The normalized spacial score (nSPS) is 10.6. The van der Waals surface area contributed by atoms with Crippen molar-refractivity contribution in [1.29, 1.82) is 0 Å². The maximum absolute atomic E-state index is 10.7. The van der Waals surface area contributed by atoms with Crippen LogP contribution in [0.3, 0.4) is 0 Å². The molecule has 1 heterocycles. The van der Waals surface area contributed by atoms with Crippen LogP contribution in [0.4, 0.5) is 11.5 Å². The van der Waals surface area contributed by atoms with E-state index in [-0.39, 0.29) is 11.0 Å². The van der Waals surface area contributed by atoms with Crippen molar-refractivity contribution < 1.29 is 4.92 Å². The van der Waals surface area contributed by atoms with E-state index in [0.717, 1.165) is 11.9 Å². The largest absolute Gasteiger partial charge is 0.359 e. The van der Waals surface area contributed by atoms with Gasteiger partial charge in [-0.15, -0.1) is 0 Å². The molecule has 0 spiro atoms. The van der Waals surface area contributed by atoms with Gasteiger partial charge < -0.3 is 4.90 Å². The number of nitro benzene ring substituents is 1. The summed E-state index contributed by atoms with van der Waals surface area (Å²) in [6.07, 6.45) is 0. The average molecular weight is 267 g/mol. The highest BCUT2D eigenvalue weighted by molar-refractivity contribution is 6.28. The van der Waals surface area contributed by atoms with Crippen molar-refractivity contribution in [2.24, 2.45) is 0 Å². The van der Waals surface area contributed by atoms with Crippen molar-refractivity contribution in [3.8, 4) is 0 Å². The average Bonchev–Trinajstić information content (AvgIpc) is 2.35. The maximum Gasteiger partial charge on any atom is 0.271 e. The van der Waals surface area contributed by atoms with Gasteiger partial charge in [-0.3, -0.25) is 10.1 Å². The van der Waals surface area contributed by atoms with E-state index in [4.69, 9.17) is 11.6 Å². The van der Waals surface area contributed by atoms with Crippen molar-refractivity contribution in [3.63, 3.8) is 0 Å². The SMILES string of the molecule is CCN(C)c1nc(Cl)nc2cc([N+](=O)[O-])ccc12. The number of halogens is 1. The molecule has 0 amide bonds. The van der Waals surface area contributed by atoms with Gasteiger partial charge in [0.15, 0.2) is 0 Å². The molecule has 94 valence electrons. The molecule has 6 nitrogen and oxygen atoms in total. The van der Waals surface area contributed by atoms with E-state index in [9.17, 15) is 10.1 Å². The van der Waals surface area contributed by atoms with Gasteiger partial charge in [0.1, 0.15) is 5.82 Å². The number of aromatic nitrogens is 2. The number of hydrogen-bond donors (Lipinski definition) is 0. The third-order valence-corrected chi connectivity index (χ3v) is 2.85. The monoisotopic (exact) mass is 266 g/mol. The first-order valence-corrected chi connectivity index (χ1v) is 5.73. The molecule has 0 saturated carbocycles. The molecule has 0 N–H and O–H groups in total. The quantitative estimate of drug-likeness (QED) is 0.485. The molecule has 0 aliphatic carbocycles. The van der Waals surface area contributed by atoms with E-state index in [1.54, 1.807) is 6.07 Å². The lowest BCUT2D eigenvalue weighted by Gasteiger charge is -2.17. The Morgan fingerprint density at radius 1 is 1.44 bits per heavy atom. The number of nitro groups is 1. The van der Waals surface area contributed by atoms with Gasteiger partial charge in [0, 0.05) is 31.1 Å². The third-order valence-electron chi connectivity index (χ3n) is 2.68. The first-order chi connectivity index (χ1) is 8.52. The van der Waals surface area contributed by atoms with E-state index in [1.165, 1.54) is 12.1 Å². The summed E-state index contributed by atoms with van der Waals surface area (Å²) in [6.45, 7) is 2.73. The molecule has 0 unspecified atom stereocenters. The van der Waals surface area contributed by atoms with Crippen LogP contribution in [-0.2, 0) is 0 Å². The van der Waals surface area contributed by atoms with E-state index in [0.29, 0.717) is 11.3 Å². The van der Waals surface area contributed by atoms with Crippen molar-refractivity contribution in [2.75, 3.05) is 18.5 Å². The summed E-state index contributed by atoms with van der Waals surface area (Å²) in [5, 5.41) is 11.5. The fourth-order valence-electron chi connectivity index (χ4n) is 1.63. The van der Waals surface area contributed by atoms with Crippen LogP contribution in [0.1, 0.15) is 6.92 Å². The Kier molecular flexibility index (Phi) is 3.29. The summed E-state index contributed by atoms with van der Waals surface area (Å²) in [4.78, 5) is 20.3. The summed E-state index contributed by atoms with van der Waals surface area (Å²) < 4.78 is 0. The maximum atomic E-state index is 10.7. The molecule has 18 heavy (non-hydrogen) atoms. The molecule has 1 aromatic carbocycles. The van der Waals surface area contributed by atoms with Crippen LogP contribution < -0.4 is 4.90 Å². The molecule has 7 heteroatoms. The standard InChI is InChI=1S/C11H11ClN4O2/c1-3-15(2)10-8-5-4-7(16(17)18)6-9(8)13-11(12)14-10/h4-6H,3H2,1-2H3. The fourth-order valence-corrected chi connectivity index (χ4v) is 1.80. The lowest BCUT2D eigenvalue weighted by molar-refractivity contribution is -0.384. The summed E-state index contributed by atoms with van der Waals surface area (Å²) in [6, 6.07) is 4.48. The zero-order valence-corrected chi connectivity index (χ0v) is 10.7. The number of rotatable bonds is 3. The smallest absolute Gasteiger partial charge is 0.271 e. The Morgan fingerprint density at radius 2 is 2.17 bits per heavy atom. The van der Waals surface area contributed by atoms with Crippen LogP contribution >= 0.6 is 11.6 Å². The summed E-state index contributed by atoms with van der Waals surface area (Å²) in [5.74, 6) is 0.669. The van der Waals surface area contributed by atoms with Crippen molar-refractivity contribution in [1.82, 2.24) is 9.97 Å². The van der Waals surface area contributed by atoms with Crippen molar-refractivity contribution >= 4 is 34.0 Å². The van der Waals surface area contributed by atoms with E-state index in [1.807, 2.05) is 18.9 Å². The van der Waals surface area contributed by atoms with Crippen LogP contribution in [0.25, 0.3) is 10.9 Å². The molecule has 2 rings (SSSR count). The fraction of sp³-hybridized carbons (Fsp3) is 0.273. The lowest BCUT2D eigenvalue weighted by atomic mass is 10.2. The Balaban J connectivity index is 2.70. The minimum absolute atomic E-state index is 0.0117. The van der Waals surface area contributed by atoms with Gasteiger partial charge in [-0.1, -0.05) is 0 Å². The molecule has 0 atom stereocenters. The Morgan fingerprint density at radius 3 is 2.78 bits per heavy atom. The molecule has 0 bridgehead atoms. The van der Waals surface area contributed by atoms with Gasteiger partial charge in [0.2, 0.25) is 5.28 Å². The summed E-state index contributed by atoms with van der Waals surface area (Å²) in [7, 11) is 1.87.